The number of rotatable bonds is 4. The van der Waals surface area contributed by atoms with Crippen LogP contribution in [0.15, 0.2) is 42.5 Å². The second-order valence-corrected chi connectivity index (χ2v) is 6.83. The molecule has 0 aliphatic rings. The number of pyridine rings is 1. The van der Waals surface area contributed by atoms with Crippen molar-refractivity contribution in [3.8, 4) is 0 Å². The van der Waals surface area contributed by atoms with Gasteiger partial charge in [0.2, 0.25) is 0 Å². The summed E-state index contributed by atoms with van der Waals surface area (Å²) in [6.45, 7) is 6.82. The van der Waals surface area contributed by atoms with E-state index in [2.05, 4.69) is 10.3 Å². The molecule has 3 aromatic rings. The quantitative estimate of drug-likeness (QED) is 0.678. The number of hydrogen-bond acceptors (Lipinski definition) is 4. The lowest BCUT2D eigenvalue weighted by Crippen LogP contribution is -2.30. The summed E-state index contributed by atoms with van der Waals surface area (Å²) in [6, 6.07) is 11.6. The molecule has 0 saturated carbocycles. The lowest BCUT2D eigenvalue weighted by molar-refractivity contribution is -0.123. The standard InChI is InChI=1S/C22H21FN2O3/c1-12-5-8-20-17(9-12)18(10-14(3)24-20)22(27)28-15(4)21(26)25-16-7-6-13(2)19(23)11-16/h5-11,15H,1-4H3,(H,25,26). The van der Waals surface area contributed by atoms with Crippen LogP contribution in [0.4, 0.5) is 10.1 Å². The van der Waals surface area contributed by atoms with Crippen LogP contribution in [0.25, 0.3) is 10.9 Å². The van der Waals surface area contributed by atoms with E-state index < -0.39 is 23.8 Å². The smallest absolute Gasteiger partial charge is 0.339 e. The first-order chi connectivity index (χ1) is 13.2. The maximum atomic E-state index is 13.6. The molecule has 1 amide bonds. The average molecular weight is 380 g/mol. The molecule has 6 heteroatoms. The fraction of sp³-hybridized carbons (Fsp3) is 0.227. The number of ether oxygens (including phenoxy) is 1. The van der Waals surface area contributed by atoms with Gasteiger partial charge < -0.3 is 10.1 Å². The van der Waals surface area contributed by atoms with E-state index in [1.807, 2.05) is 25.1 Å². The first-order valence-electron chi connectivity index (χ1n) is 8.90. The lowest BCUT2D eigenvalue weighted by Gasteiger charge is -2.15. The fourth-order valence-corrected chi connectivity index (χ4v) is 2.83. The Kier molecular flexibility index (Phi) is 5.40. The molecule has 1 heterocycles. The van der Waals surface area contributed by atoms with Gasteiger partial charge in [-0.3, -0.25) is 9.78 Å². The largest absolute Gasteiger partial charge is 0.449 e. The minimum atomic E-state index is -1.05. The summed E-state index contributed by atoms with van der Waals surface area (Å²) in [5, 5.41) is 3.23. The second kappa shape index (κ2) is 7.76. The van der Waals surface area contributed by atoms with Crippen molar-refractivity contribution >= 4 is 28.5 Å². The zero-order valence-electron chi connectivity index (χ0n) is 16.2. The van der Waals surface area contributed by atoms with E-state index in [-0.39, 0.29) is 0 Å². The number of benzene rings is 2. The van der Waals surface area contributed by atoms with Gasteiger partial charge in [0, 0.05) is 16.8 Å². The van der Waals surface area contributed by atoms with Crippen LogP contribution in [0.5, 0.6) is 0 Å². The first-order valence-corrected chi connectivity index (χ1v) is 8.90. The van der Waals surface area contributed by atoms with Gasteiger partial charge in [-0.2, -0.15) is 0 Å². The summed E-state index contributed by atoms with van der Waals surface area (Å²) in [5.41, 5.74) is 3.48. The number of amides is 1. The highest BCUT2D eigenvalue weighted by Crippen LogP contribution is 2.21. The van der Waals surface area contributed by atoms with E-state index >= 15 is 0 Å². The highest BCUT2D eigenvalue weighted by molar-refractivity contribution is 6.05. The molecule has 2 aromatic carbocycles. The number of fused-ring (bicyclic) bond motifs is 1. The predicted octanol–water partition coefficient (Wildman–Crippen LogP) is 4.48. The SMILES string of the molecule is Cc1ccc2nc(C)cc(C(=O)OC(C)C(=O)Nc3ccc(C)c(F)c3)c2c1. The van der Waals surface area contributed by atoms with Gasteiger partial charge in [0.1, 0.15) is 5.82 Å². The van der Waals surface area contributed by atoms with Crippen molar-refractivity contribution in [3.05, 3.63) is 70.7 Å². The number of anilines is 1. The van der Waals surface area contributed by atoms with Crippen molar-refractivity contribution < 1.29 is 18.7 Å². The molecule has 28 heavy (non-hydrogen) atoms. The number of carbonyl (C=O) groups is 2. The number of aryl methyl sites for hydroxylation is 3. The summed E-state index contributed by atoms with van der Waals surface area (Å²) in [7, 11) is 0. The second-order valence-electron chi connectivity index (χ2n) is 6.83. The van der Waals surface area contributed by atoms with Crippen LogP contribution in [0, 0.1) is 26.6 Å². The topological polar surface area (TPSA) is 68.3 Å². The van der Waals surface area contributed by atoms with E-state index in [1.54, 1.807) is 32.0 Å². The summed E-state index contributed by atoms with van der Waals surface area (Å²) in [5.74, 6) is -1.57. The molecule has 0 radical (unpaired) electrons. The Balaban J connectivity index is 1.78. The molecule has 3 rings (SSSR count). The van der Waals surface area contributed by atoms with Crippen molar-refractivity contribution in [1.82, 2.24) is 4.98 Å². The van der Waals surface area contributed by atoms with E-state index in [1.165, 1.54) is 13.0 Å². The monoisotopic (exact) mass is 380 g/mol. The van der Waals surface area contributed by atoms with Crippen LogP contribution in [0.2, 0.25) is 0 Å². The molecule has 0 fully saturated rings. The highest BCUT2D eigenvalue weighted by Gasteiger charge is 2.21. The van der Waals surface area contributed by atoms with Gasteiger partial charge in [0.05, 0.1) is 11.1 Å². The van der Waals surface area contributed by atoms with E-state index in [0.29, 0.717) is 33.4 Å². The number of carbonyl (C=O) groups excluding carboxylic acids is 2. The third-order valence-corrected chi connectivity index (χ3v) is 4.40. The molecular formula is C22H21FN2O3. The van der Waals surface area contributed by atoms with E-state index in [0.717, 1.165) is 5.56 Å². The summed E-state index contributed by atoms with van der Waals surface area (Å²) < 4.78 is 19.0. The fourth-order valence-electron chi connectivity index (χ4n) is 2.83. The molecular weight excluding hydrogens is 359 g/mol. The van der Waals surface area contributed by atoms with Crippen LogP contribution in [-0.2, 0) is 9.53 Å². The maximum Gasteiger partial charge on any atom is 0.339 e. The van der Waals surface area contributed by atoms with Gasteiger partial charge >= 0.3 is 5.97 Å². The molecule has 1 atom stereocenters. The lowest BCUT2D eigenvalue weighted by atomic mass is 10.1. The molecule has 0 spiro atoms. The van der Waals surface area contributed by atoms with Crippen molar-refractivity contribution in [2.45, 2.75) is 33.8 Å². The minimum absolute atomic E-state index is 0.303. The zero-order chi connectivity index (χ0) is 20.4. The summed E-state index contributed by atoms with van der Waals surface area (Å²) in [6.07, 6.45) is -1.05. The molecule has 0 aliphatic heterocycles. The number of aromatic nitrogens is 1. The molecule has 5 nitrogen and oxygen atoms in total. The normalized spacial score (nSPS) is 11.9. The van der Waals surface area contributed by atoms with Crippen LogP contribution in [0.1, 0.15) is 34.1 Å². The molecule has 1 aromatic heterocycles. The number of nitrogens with zero attached hydrogens (tertiary/aromatic N) is 1. The predicted molar refractivity (Wildman–Crippen MR) is 106 cm³/mol. The third-order valence-electron chi connectivity index (χ3n) is 4.40. The molecule has 1 unspecified atom stereocenters. The summed E-state index contributed by atoms with van der Waals surface area (Å²) >= 11 is 0. The minimum Gasteiger partial charge on any atom is -0.449 e. The van der Waals surface area contributed by atoms with E-state index in [4.69, 9.17) is 4.74 Å². The van der Waals surface area contributed by atoms with Crippen molar-refractivity contribution in [2.24, 2.45) is 0 Å². The van der Waals surface area contributed by atoms with Gasteiger partial charge in [-0.25, -0.2) is 9.18 Å². The number of esters is 1. The van der Waals surface area contributed by atoms with Crippen LogP contribution < -0.4 is 5.32 Å². The molecule has 144 valence electrons. The first kappa shape index (κ1) is 19.5. The van der Waals surface area contributed by atoms with Gasteiger partial charge in [0.25, 0.3) is 5.91 Å². The van der Waals surface area contributed by atoms with E-state index in [9.17, 15) is 14.0 Å². The average Bonchev–Trinajstić information content (AvgIpc) is 2.64. The number of halogens is 1. The highest BCUT2D eigenvalue weighted by atomic mass is 19.1. The molecule has 1 N–H and O–H groups in total. The van der Waals surface area contributed by atoms with Crippen LogP contribution in [0.3, 0.4) is 0 Å². The van der Waals surface area contributed by atoms with Crippen molar-refractivity contribution in [2.75, 3.05) is 5.32 Å². The van der Waals surface area contributed by atoms with Crippen LogP contribution in [-0.4, -0.2) is 23.0 Å². The zero-order valence-corrected chi connectivity index (χ0v) is 16.2. The van der Waals surface area contributed by atoms with Gasteiger partial charge in [-0.1, -0.05) is 17.7 Å². The third kappa shape index (κ3) is 4.17. The van der Waals surface area contributed by atoms with Crippen LogP contribution >= 0.6 is 0 Å². The van der Waals surface area contributed by atoms with Crippen molar-refractivity contribution in [1.29, 1.82) is 0 Å². The Hall–Kier alpha value is -3.28. The number of nitrogens with one attached hydrogen (secondary N) is 1. The number of hydrogen-bond donors (Lipinski definition) is 1. The maximum absolute atomic E-state index is 13.6. The Morgan fingerprint density at radius 3 is 2.54 bits per heavy atom. The Bertz CT molecular complexity index is 1080. The van der Waals surface area contributed by atoms with Gasteiger partial charge in [-0.15, -0.1) is 0 Å². The molecule has 0 saturated heterocycles. The Morgan fingerprint density at radius 1 is 1.07 bits per heavy atom. The van der Waals surface area contributed by atoms with Gasteiger partial charge in [-0.05, 0) is 63.6 Å². The Morgan fingerprint density at radius 2 is 1.82 bits per heavy atom. The molecule has 0 aliphatic carbocycles. The molecule has 0 bridgehead atoms. The summed E-state index contributed by atoms with van der Waals surface area (Å²) in [4.78, 5) is 29.5. The van der Waals surface area contributed by atoms with Crippen molar-refractivity contribution in [3.63, 3.8) is 0 Å². The van der Waals surface area contributed by atoms with Gasteiger partial charge in [0.15, 0.2) is 6.10 Å². The Labute approximate surface area is 162 Å².